The maximum absolute atomic E-state index is 11.2. The van der Waals surface area contributed by atoms with E-state index in [2.05, 4.69) is 30.2 Å². The fraction of sp³-hybridized carbons (Fsp3) is 0.286. The Hall–Kier alpha value is -4.95. The van der Waals surface area contributed by atoms with Crippen molar-refractivity contribution in [1.29, 1.82) is 0 Å². The van der Waals surface area contributed by atoms with Gasteiger partial charge >= 0.3 is 17.9 Å². The predicted molar refractivity (Wildman–Crippen MR) is 119 cm³/mol. The first kappa shape index (κ1) is 24.2. The highest BCUT2D eigenvalue weighted by Gasteiger charge is 2.21. The third kappa shape index (κ3) is 4.66. The molecule has 0 saturated carbocycles. The second-order valence-electron chi connectivity index (χ2n) is 8.02. The Morgan fingerprint density at radius 2 is 0.833 bits per heavy atom. The molecule has 0 saturated heterocycles. The lowest BCUT2D eigenvalue weighted by molar-refractivity contribution is 0.0673. The summed E-state index contributed by atoms with van der Waals surface area (Å²) in [5.74, 6) is -4.71. The highest BCUT2D eigenvalue weighted by molar-refractivity contribution is 5.83. The highest BCUT2D eigenvalue weighted by atomic mass is 16.4. The SMILES string of the molecule is Cc1c(Cn2cnc(C(=O)O)n2)c(C)c(Cn2cnc(C(=O)O)n2)c(C)c1Cn1cnc(C(=O)O)n1. The van der Waals surface area contributed by atoms with Gasteiger partial charge in [-0.2, -0.15) is 0 Å². The monoisotopic (exact) mass is 495 g/mol. The first-order valence-corrected chi connectivity index (χ1v) is 10.5. The Morgan fingerprint density at radius 3 is 1.03 bits per heavy atom. The number of aromatic nitrogens is 9. The van der Waals surface area contributed by atoms with Gasteiger partial charge in [-0.3, -0.25) is 0 Å². The zero-order valence-electron chi connectivity index (χ0n) is 19.4. The molecular weight excluding hydrogens is 474 g/mol. The van der Waals surface area contributed by atoms with Gasteiger partial charge in [-0.1, -0.05) is 0 Å². The van der Waals surface area contributed by atoms with Crippen LogP contribution in [-0.4, -0.2) is 77.5 Å². The summed E-state index contributed by atoms with van der Waals surface area (Å²) in [5, 5.41) is 39.5. The number of aromatic carboxylic acids is 3. The molecule has 0 spiro atoms. The van der Waals surface area contributed by atoms with Crippen molar-refractivity contribution in [3.63, 3.8) is 0 Å². The zero-order chi connectivity index (χ0) is 26.1. The summed E-state index contributed by atoms with van der Waals surface area (Å²) in [6.45, 7) is 6.35. The third-order valence-corrected chi connectivity index (χ3v) is 5.86. The van der Waals surface area contributed by atoms with Crippen molar-refractivity contribution in [2.45, 2.75) is 40.4 Å². The fourth-order valence-corrected chi connectivity index (χ4v) is 3.99. The van der Waals surface area contributed by atoms with Crippen molar-refractivity contribution in [2.75, 3.05) is 0 Å². The van der Waals surface area contributed by atoms with Crippen molar-refractivity contribution in [3.8, 4) is 0 Å². The van der Waals surface area contributed by atoms with Crippen molar-refractivity contribution in [3.05, 3.63) is 69.8 Å². The van der Waals surface area contributed by atoms with Crippen LogP contribution in [0.25, 0.3) is 0 Å². The number of benzene rings is 1. The number of carbonyl (C=O) groups is 3. The van der Waals surface area contributed by atoms with E-state index in [0.717, 1.165) is 33.4 Å². The molecule has 4 aromatic rings. The lowest BCUT2D eigenvalue weighted by Gasteiger charge is -2.22. The standard InChI is InChI=1S/C21H21N9O6/c1-10-13(4-28-7-22-16(25-28)19(31)32)11(2)15(6-30-9-24-18(27-30)21(35)36)12(3)14(10)5-29-8-23-17(26-29)20(33)34/h7-9H,4-6H2,1-3H3,(H,31,32)(H,33,34)(H,35,36). The van der Waals surface area contributed by atoms with Gasteiger partial charge in [0.1, 0.15) is 19.0 Å². The molecule has 186 valence electrons. The molecule has 0 radical (unpaired) electrons. The van der Waals surface area contributed by atoms with Crippen LogP contribution in [0.2, 0.25) is 0 Å². The van der Waals surface area contributed by atoms with Crippen LogP contribution in [0, 0.1) is 20.8 Å². The quantitative estimate of drug-likeness (QED) is 0.292. The maximum atomic E-state index is 11.2. The molecule has 0 unspecified atom stereocenters. The van der Waals surface area contributed by atoms with E-state index in [1.807, 2.05) is 20.8 Å². The average Bonchev–Trinajstić information content (AvgIpc) is 3.58. The maximum Gasteiger partial charge on any atom is 0.375 e. The van der Waals surface area contributed by atoms with Gasteiger partial charge in [-0.15, -0.1) is 15.3 Å². The minimum Gasteiger partial charge on any atom is -0.475 e. The van der Waals surface area contributed by atoms with Crippen LogP contribution in [0.15, 0.2) is 19.0 Å². The molecule has 15 heteroatoms. The minimum absolute atomic E-state index is 0.216. The van der Waals surface area contributed by atoms with Gasteiger partial charge in [0.15, 0.2) is 0 Å². The van der Waals surface area contributed by atoms with E-state index >= 15 is 0 Å². The Kier molecular flexibility index (Phi) is 6.29. The van der Waals surface area contributed by atoms with E-state index in [1.165, 1.54) is 33.0 Å². The summed E-state index contributed by atoms with van der Waals surface area (Å²) < 4.78 is 4.24. The van der Waals surface area contributed by atoms with Crippen molar-refractivity contribution < 1.29 is 29.7 Å². The summed E-state index contributed by atoms with van der Waals surface area (Å²) in [6.07, 6.45) is 3.98. The number of hydrogen-bond acceptors (Lipinski definition) is 9. The molecule has 15 nitrogen and oxygen atoms in total. The molecule has 0 amide bonds. The smallest absolute Gasteiger partial charge is 0.375 e. The van der Waals surface area contributed by atoms with Crippen LogP contribution >= 0.6 is 0 Å². The number of hydrogen-bond donors (Lipinski definition) is 3. The average molecular weight is 495 g/mol. The van der Waals surface area contributed by atoms with Crippen LogP contribution in [0.1, 0.15) is 65.2 Å². The van der Waals surface area contributed by atoms with E-state index in [9.17, 15) is 14.4 Å². The summed E-state index contributed by atoms with van der Waals surface area (Å²) in [6, 6.07) is 0. The first-order chi connectivity index (χ1) is 17.0. The number of nitrogens with zero attached hydrogens (tertiary/aromatic N) is 9. The van der Waals surface area contributed by atoms with Gasteiger partial charge in [0, 0.05) is 0 Å². The molecule has 0 bridgehead atoms. The van der Waals surface area contributed by atoms with Crippen molar-refractivity contribution in [2.24, 2.45) is 0 Å². The molecule has 3 aromatic heterocycles. The van der Waals surface area contributed by atoms with Crippen LogP contribution in [0.4, 0.5) is 0 Å². The van der Waals surface area contributed by atoms with Gasteiger partial charge in [-0.05, 0) is 54.2 Å². The van der Waals surface area contributed by atoms with Crippen LogP contribution in [0.5, 0.6) is 0 Å². The van der Waals surface area contributed by atoms with E-state index in [4.69, 9.17) is 15.3 Å². The lowest BCUT2D eigenvalue weighted by atomic mass is 9.88. The van der Waals surface area contributed by atoms with Crippen molar-refractivity contribution in [1.82, 2.24) is 44.3 Å². The van der Waals surface area contributed by atoms with Gasteiger partial charge < -0.3 is 15.3 Å². The third-order valence-electron chi connectivity index (χ3n) is 5.86. The fourth-order valence-electron chi connectivity index (χ4n) is 3.99. The minimum atomic E-state index is -1.24. The lowest BCUT2D eigenvalue weighted by Crippen LogP contribution is -2.16. The van der Waals surface area contributed by atoms with Crippen LogP contribution in [0.3, 0.4) is 0 Å². The number of carboxylic acids is 3. The largest absolute Gasteiger partial charge is 0.475 e. The molecular formula is C21H21N9O6. The molecule has 0 aliphatic carbocycles. The topological polar surface area (TPSA) is 204 Å². The van der Waals surface area contributed by atoms with Crippen LogP contribution in [-0.2, 0) is 19.6 Å². The Labute approximate surface area is 202 Å². The second kappa shape index (κ2) is 9.36. The summed E-state index contributed by atoms with van der Waals surface area (Å²) in [7, 11) is 0. The van der Waals surface area contributed by atoms with Gasteiger partial charge in [0.2, 0.25) is 0 Å². The van der Waals surface area contributed by atoms with Gasteiger partial charge in [0.05, 0.1) is 19.6 Å². The van der Waals surface area contributed by atoms with E-state index in [0.29, 0.717) is 0 Å². The molecule has 0 atom stereocenters. The molecule has 3 N–H and O–H groups in total. The normalized spacial score (nSPS) is 11.1. The van der Waals surface area contributed by atoms with Gasteiger partial charge in [-0.25, -0.2) is 43.4 Å². The molecule has 4 rings (SSSR count). The predicted octanol–water partition coefficient (Wildman–Crippen LogP) is 0.626. The van der Waals surface area contributed by atoms with E-state index in [1.54, 1.807) is 0 Å². The Morgan fingerprint density at radius 1 is 0.583 bits per heavy atom. The molecule has 0 fully saturated rings. The molecule has 0 aliphatic rings. The molecule has 3 heterocycles. The summed E-state index contributed by atoms with van der Waals surface area (Å²) >= 11 is 0. The van der Waals surface area contributed by atoms with Crippen LogP contribution < -0.4 is 0 Å². The first-order valence-electron chi connectivity index (χ1n) is 10.5. The Balaban J connectivity index is 1.80. The zero-order valence-corrected chi connectivity index (χ0v) is 19.4. The van der Waals surface area contributed by atoms with Gasteiger partial charge in [0.25, 0.3) is 17.5 Å². The summed E-state index contributed by atoms with van der Waals surface area (Å²) in [5.41, 5.74) is 5.13. The molecule has 36 heavy (non-hydrogen) atoms. The number of rotatable bonds is 9. The molecule has 0 aliphatic heterocycles. The van der Waals surface area contributed by atoms with Crippen molar-refractivity contribution >= 4 is 17.9 Å². The summed E-state index contributed by atoms with van der Waals surface area (Å²) in [4.78, 5) is 45.0. The van der Waals surface area contributed by atoms with E-state index in [-0.39, 0.29) is 37.1 Å². The van der Waals surface area contributed by atoms with E-state index < -0.39 is 17.9 Å². The number of carboxylic acid groups (broad SMARTS) is 3. The second-order valence-corrected chi connectivity index (χ2v) is 8.02. The Bertz CT molecular complexity index is 1300. The highest BCUT2D eigenvalue weighted by Crippen LogP contribution is 2.29. The molecule has 1 aromatic carbocycles.